The molecule has 0 aliphatic carbocycles. The van der Waals surface area contributed by atoms with Crippen LogP contribution in [0.2, 0.25) is 0 Å². The lowest BCUT2D eigenvalue weighted by molar-refractivity contribution is 0.0600. The van der Waals surface area contributed by atoms with Gasteiger partial charge >= 0.3 is 5.97 Å². The number of benzene rings is 2. The summed E-state index contributed by atoms with van der Waals surface area (Å²) >= 11 is 0. The van der Waals surface area contributed by atoms with Crippen LogP contribution in [-0.4, -0.2) is 18.2 Å². The van der Waals surface area contributed by atoms with Crippen molar-refractivity contribution in [1.29, 1.82) is 0 Å². The Kier molecular flexibility index (Phi) is 4.69. The van der Waals surface area contributed by atoms with Crippen molar-refractivity contribution in [2.75, 3.05) is 7.11 Å². The third-order valence-corrected chi connectivity index (χ3v) is 2.94. The summed E-state index contributed by atoms with van der Waals surface area (Å²) < 4.78 is 4.63. The van der Waals surface area contributed by atoms with Gasteiger partial charge in [-0.05, 0) is 23.3 Å². The van der Waals surface area contributed by atoms with E-state index in [0.717, 1.165) is 11.1 Å². The Hall–Kier alpha value is -2.39. The van der Waals surface area contributed by atoms with Gasteiger partial charge in [-0.15, -0.1) is 0 Å². The lowest BCUT2D eigenvalue weighted by Crippen LogP contribution is -2.01. The van der Waals surface area contributed by atoms with E-state index in [1.54, 1.807) is 30.3 Å². The predicted molar refractivity (Wildman–Crippen MR) is 78.2 cm³/mol. The number of hydrogen-bond donors (Lipinski definition) is 1. The fourth-order valence-corrected chi connectivity index (χ4v) is 1.81. The first-order valence-electron chi connectivity index (χ1n) is 6.30. The molecule has 102 valence electrons. The van der Waals surface area contributed by atoms with Crippen molar-refractivity contribution in [3.8, 4) is 0 Å². The Morgan fingerprint density at radius 2 is 1.75 bits per heavy atom. The normalized spacial score (nSPS) is 12.3. The molecule has 0 aromatic heterocycles. The highest BCUT2D eigenvalue weighted by Gasteiger charge is 2.07. The van der Waals surface area contributed by atoms with Gasteiger partial charge in [0.1, 0.15) is 0 Å². The van der Waals surface area contributed by atoms with Crippen LogP contribution >= 0.6 is 0 Å². The van der Waals surface area contributed by atoms with Gasteiger partial charge in [-0.1, -0.05) is 54.6 Å². The van der Waals surface area contributed by atoms with E-state index in [4.69, 9.17) is 0 Å². The minimum atomic E-state index is -0.707. The number of hydrogen-bond acceptors (Lipinski definition) is 3. The molecule has 0 bridgehead atoms. The van der Waals surface area contributed by atoms with Gasteiger partial charge in [0.15, 0.2) is 0 Å². The van der Waals surface area contributed by atoms with Gasteiger partial charge in [-0.25, -0.2) is 4.79 Å². The highest BCUT2D eigenvalue weighted by atomic mass is 16.5. The molecule has 0 aliphatic heterocycles. The van der Waals surface area contributed by atoms with E-state index in [0.29, 0.717) is 5.56 Å². The van der Waals surface area contributed by atoms with Crippen molar-refractivity contribution in [1.82, 2.24) is 0 Å². The summed E-state index contributed by atoms with van der Waals surface area (Å²) in [6, 6.07) is 16.5. The van der Waals surface area contributed by atoms with Gasteiger partial charge < -0.3 is 9.84 Å². The van der Waals surface area contributed by atoms with Crippen molar-refractivity contribution < 1.29 is 14.6 Å². The maximum Gasteiger partial charge on any atom is 0.337 e. The summed E-state index contributed by atoms with van der Waals surface area (Å²) in [5, 5.41) is 10.1. The molecule has 0 fully saturated rings. The van der Waals surface area contributed by atoms with Crippen molar-refractivity contribution in [3.63, 3.8) is 0 Å². The third kappa shape index (κ3) is 3.56. The van der Waals surface area contributed by atoms with Gasteiger partial charge in [0.2, 0.25) is 0 Å². The molecule has 0 heterocycles. The first-order chi connectivity index (χ1) is 9.70. The molecule has 1 atom stereocenters. The van der Waals surface area contributed by atoms with Crippen LogP contribution in [0, 0.1) is 0 Å². The molecule has 1 N–H and O–H groups in total. The van der Waals surface area contributed by atoms with Gasteiger partial charge in [-0.3, -0.25) is 0 Å². The molecule has 0 unspecified atom stereocenters. The third-order valence-electron chi connectivity index (χ3n) is 2.94. The number of esters is 1. The van der Waals surface area contributed by atoms with Gasteiger partial charge in [0, 0.05) is 0 Å². The quantitative estimate of drug-likeness (QED) is 0.866. The van der Waals surface area contributed by atoms with Crippen LogP contribution in [0.25, 0.3) is 6.08 Å². The monoisotopic (exact) mass is 268 g/mol. The molecular weight excluding hydrogens is 252 g/mol. The second-order valence-corrected chi connectivity index (χ2v) is 4.33. The smallest absolute Gasteiger partial charge is 0.337 e. The van der Waals surface area contributed by atoms with E-state index in [1.807, 2.05) is 36.4 Å². The summed E-state index contributed by atoms with van der Waals surface area (Å²) in [4.78, 5) is 11.3. The van der Waals surface area contributed by atoms with Gasteiger partial charge in [-0.2, -0.15) is 0 Å². The van der Waals surface area contributed by atoms with E-state index in [1.165, 1.54) is 7.11 Å². The molecule has 3 heteroatoms. The molecule has 3 nitrogen and oxygen atoms in total. The zero-order valence-corrected chi connectivity index (χ0v) is 11.2. The lowest BCUT2D eigenvalue weighted by atomic mass is 10.1. The number of rotatable bonds is 4. The van der Waals surface area contributed by atoms with Crippen LogP contribution in [0.1, 0.15) is 27.6 Å². The minimum absolute atomic E-state index is 0.383. The van der Waals surface area contributed by atoms with Crippen molar-refractivity contribution >= 4 is 12.0 Å². The van der Waals surface area contributed by atoms with Crippen LogP contribution in [0.15, 0.2) is 60.7 Å². The Bertz CT molecular complexity index is 585. The Morgan fingerprint density at radius 1 is 1.10 bits per heavy atom. The van der Waals surface area contributed by atoms with Crippen molar-refractivity contribution in [2.24, 2.45) is 0 Å². The number of aliphatic hydroxyl groups excluding tert-OH is 1. The molecular formula is C17H16O3. The molecule has 0 radical (unpaired) electrons. The first kappa shape index (κ1) is 14.0. The molecule has 20 heavy (non-hydrogen) atoms. The Labute approximate surface area is 118 Å². The number of aliphatic hydroxyl groups is 1. The lowest BCUT2D eigenvalue weighted by Gasteiger charge is -2.07. The topological polar surface area (TPSA) is 46.5 Å². The average molecular weight is 268 g/mol. The SMILES string of the molecule is COC(=O)c1ccc([C@H](O)/C=C/c2ccccc2)cc1. The molecule has 0 saturated heterocycles. The molecule has 0 saturated carbocycles. The summed E-state index contributed by atoms with van der Waals surface area (Å²) in [6.45, 7) is 0. The van der Waals surface area contributed by atoms with Crippen LogP contribution in [0.4, 0.5) is 0 Å². The van der Waals surface area contributed by atoms with Gasteiger partial charge in [0.25, 0.3) is 0 Å². The Morgan fingerprint density at radius 3 is 2.35 bits per heavy atom. The van der Waals surface area contributed by atoms with Gasteiger partial charge in [0.05, 0.1) is 18.8 Å². The molecule has 2 aromatic carbocycles. The summed E-state index contributed by atoms with van der Waals surface area (Å²) in [7, 11) is 1.34. The molecule has 0 aliphatic rings. The van der Waals surface area contributed by atoms with E-state index >= 15 is 0 Å². The fourth-order valence-electron chi connectivity index (χ4n) is 1.81. The zero-order chi connectivity index (χ0) is 14.4. The van der Waals surface area contributed by atoms with Crippen LogP contribution in [0.3, 0.4) is 0 Å². The number of ether oxygens (including phenoxy) is 1. The second-order valence-electron chi connectivity index (χ2n) is 4.33. The highest BCUT2D eigenvalue weighted by Crippen LogP contribution is 2.17. The van der Waals surface area contributed by atoms with Crippen LogP contribution in [-0.2, 0) is 4.74 Å². The van der Waals surface area contributed by atoms with E-state index in [-0.39, 0.29) is 5.97 Å². The van der Waals surface area contributed by atoms with Crippen molar-refractivity contribution in [3.05, 3.63) is 77.4 Å². The maximum atomic E-state index is 11.3. The summed E-state index contributed by atoms with van der Waals surface area (Å²) in [5.74, 6) is -0.383. The van der Waals surface area contributed by atoms with E-state index in [2.05, 4.69) is 4.74 Å². The standard InChI is InChI=1S/C17H16O3/c1-20-17(19)15-10-8-14(9-11-15)16(18)12-7-13-5-3-2-4-6-13/h2-12,16,18H,1H3/b12-7+/t16-/m1/s1. The van der Waals surface area contributed by atoms with Crippen molar-refractivity contribution in [2.45, 2.75) is 6.10 Å². The maximum absolute atomic E-state index is 11.3. The molecule has 2 aromatic rings. The minimum Gasteiger partial charge on any atom is -0.465 e. The number of carbonyl (C=O) groups is 1. The summed E-state index contributed by atoms with van der Waals surface area (Å²) in [5.41, 5.74) is 2.22. The van der Waals surface area contributed by atoms with E-state index < -0.39 is 6.10 Å². The fraction of sp³-hybridized carbons (Fsp3) is 0.118. The van der Waals surface area contributed by atoms with Crippen LogP contribution < -0.4 is 0 Å². The van der Waals surface area contributed by atoms with Crippen LogP contribution in [0.5, 0.6) is 0 Å². The first-order valence-corrected chi connectivity index (χ1v) is 6.30. The molecule has 2 rings (SSSR count). The second kappa shape index (κ2) is 6.68. The largest absolute Gasteiger partial charge is 0.465 e. The Balaban J connectivity index is 2.08. The van der Waals surface area contributed by atoms with E-state index in [9.17, 15) is 9.90 Å². The number of carbonyl (C=O) groups excluding carboxylic acids is 1. The molecule has 0 spiro atoms. The number of methoxy groups -OCH3 is 1. The summed E-state index contributed by atoms with van der Waals surface area (Å²) in [6.07, 6.45) is 2.86. The predicted octanol–water partition coefficient (Wildman–Crippen LogP) is 3.22. The molecule has 0 amide bonds. The highest BCUT2D eigenvalue weighted by molar-refractivity contribution is 5.89. The zero-order valence-electron chi connectivity index (χ0n) is 11.2. The average Bonchev–Trinajstić information content (AvgIpc) is 2.53.